The number of nitriles is 1. The molecule has 14 heavy (non-hydrogen) atoms. The van der Waals surface area contributed by atoms with Gasteiger partial charge in [-0.2, -0.15) is 5.26 Å². The van der Waals surface area contributed by atoms with Gasteiger partial charge in [0, 0.05) is 6.08 Å². The topological polar surface area (TPSA) is 69.8 Å². The summed E-state index contributed by atoms with van der Waals surface area (Å²) in [5.41, 5.74) is 1.97. The van der Waals surface area contributed by atoms with Crippen molar-refractivity contribution in [2.75, 3.05) is 0 Å². The molecule has 4 heteroatoms. The van der Waals surface area contributed by atoms with E-state index in [0.717, 1.165) is 5.56 Å². The van der Waals surface area contributed by atoms with Crippen LogP contribution in [0, 0.1) is 11.3 Å². The molecule has 0 atom stereocenters. The van der Waals surface area contributed by atoms with E-state index in [1.54, 1.807) is 24.3 Å². The van der Waals surface area contributed by atoms with Gasteiger partial charge < -0.3 is 4.42 Å². The lowest BCUT2D eigenvalue weighted by molar-refractivity contribution is 0.555. The summed E-state index contributed by atoms with van der Waals surface area (Å²) in [6.07, 6.45) is 3.01. The van der Waals surface area contributed by atoms with Gasteiger partial charge in [0.25, 0.3) is 0 Å². The van der Waals surface area contributed by atoms with Gasteiger partial charge in [0.2, 0.25) is 0 Å². The maximum atomic E-state index is 10.8. The second-order valence-corrected chi connectivity index (χ2v) is 2.73. The lowest BCUT2D eigenvalue weighted by Crippen LogP contribution is -1.92. The fraction of sp³-hybridized carbons (Fsp3) is 0. The van der Waals surface area contributed by atoms with Crippen LogP contribution < -0.4 is 5.76 Å². The number of hydrogen-bond donors (Lipinski definition) is 1. The fourth-order valence-corrected chi connectivity index (χ4v) is 1.20. The minimum absolute atomic E-state index is 0.471. The normalized spacial score (nSPS) is 10.8. The molecule has 0 bridgehead atoms. The summed E-state index contributed by atoms with van der Waals surface area (Å²) in [5, 5.41) is 8.33. The lowest BCUT2D eigenvalue weighted by atomic mass is 10.2. The van der Waals surface area contributed by atoms with Crippen molar-refractivity contribution >= 4 is 17.2 Å². The average Bonchev–Trinajstić information content (AvgIpc) is 2.54. The molecule has 1 N–H and O–H groups in total. The summed E-state index contributed by atoms with van der Waals surface area (Å²) in [4.78, 5) is 13.4. The zero-order chi connectivity index (χ0) is 9.97. The maximum absolute atomic E-state index is 10.8. The SMILES string of the molecule is N#CC=Cc1ccc2[nH]c(=O)oc2c1. The van der Waals surface area contributed by atoms with E-state index >= 15 is 0 Å². The van der Waals surface area contributed by atoms with E-state index in [2.05, 4.69) is 4.98 Å². The summed E-state index contributed by atoms with van der Waals surface area (Å²) in [5.74, 6) is -0.471. The number of nitrogens with one attached hydrogen (secondary N) is 1. The van der Waals surface area contributed by atoms with Crippen LogP contribution in [-0.4, -0.2) is 4.98 Å². The highest BCUT2D eigenvalue weighted by atomic mass is 16.4. The standard InChI is InChI=1S/C10H6N2O2/c11-5-1-2-7-3-4-8-9(6-7)14-10(13)12-8/h1-4,6H,(H,12,13). The van der Waals surface area contributed by atoms with E-state index in [4.69, 9.17) is 9.68 Å². The van der Waals surface area contributed by atoms with Crippen LogP contribution in [0.1, 0.15) is 5.56 Å². The van der Waals surface area contributed by atoms with Crippen LogP contribution in [0.4, 0.5) is 0 Å². The van der Waals surface area contributed by atoms with Crippen LogP contribution in [0.15, 0.2) is 33.5 Å². The zero-order valence-corrected chi connectivity index (χ0v) is 7.15. The highest BCUT2D eigenvalue weighted by Gasteiger charge is 1.99. The van der Waals surface area contributed by atoms with E-state index in [0.29, 0.717) is 11.1 Å². The third-order valence-electron chi connectivity index (χ3n) is 1.80. The molecule has 0 aliphatic carbocycles. The molecular formula is C10H6N2O2. The van der Waals surface area contributed by atoms with Crippen molar-refractivity contribution in [3.63, 3.8) is 0 Å². The Morgan fingerprint density at radius 3 is 3.14 bits per heavy atom. The molecule has 1 aromatic carbocycles. The zero-order valence-electron chi connectivity index (χ0n) is 7.15. The highest BCUT2D eigenvalue weighted by molar-refractivity contribution is 5.75. The minimum Gasteiger partial charge on any atom is -0.408 e. The van der Waals surface area contributed by atoms with Gasteiger partial charge in [0.15, 0.2) is 5.58 Å². The summed E-state index contributed by atoms with van der Waals surface area (Å²) < 4.78 is 4.86. The Balaban J connectivity index is 2.57. The van der Waals surface area contributed by atoms with Crippen LogP contribution in [0.25, 0.3) is 17.2 Å². The molecule has 0 unspecified atom stereocenters. The molecule has 1 aromatic heterocycles. The first kappa shape index (κ1) is 8.32. The van der Waals surface area contributed by atoms with Crippen LogP contribution in [0.3, 0.4) is 0 Å². The monoisotopic (exact) mass is 186 g/mol. The molecule has 0 saturated heterocycles. The predicted octanol–water partition coefficient (Wildman–Crippen LogP) is 1.66. The Bertz CT molecular complexity index is 584. The molecule has 0 aliphatic heterocycles. The van der Waals surface area contributed by atoms with Crippen LogP contribution in [0.2, 0.25) is 0 Å². The summed E-state index contributed by atoms with van der Waals surface area (Å²) in [6, 6.07) is 7.11. The molecule has 0 saturated carbocycles. The largest absolute Gasteiger partial charge is 0.417 e. The Morgan fingerprint density at radius 2 is 2.36 bits per heavy atom. The summed E-state index contributed by atoms with van der Waals surface area (Å²) >= 11 is 0. The van der Waals surface area contributed by atoms with Gasteiger partial charge in [-0.25, -0.2) is 4.79 Å². The molecule has 0 radical (unpaired) electrons. The Labute approximate surface area is 79.1 Å². The van der Waals surface area contributed by atoms with E-state index in [9.17, 15) is 4.79 Å². The van der Waals surface area contributed by atoms with Gasteiger partial charge in [-0.15, -0.1) is 0 Å². The maximum Gasteiger partial charge on any atom is 0.417 e. The Morgan fingerprint density at radius 1 is 1.50 bits per heavy atom. The van der Waals surface area contributed by atoms with Crippen molar-refractivity contribution < 1.29 is 4.42 Å². The number of aromatic amines is 1. The van der Waals surface area contributed by atoms with Gasteiger partial charge in [-0.3, -0.25) is 4.98 Å². The molecule has 68 valence electrons. The molecule has 4 nitrogen and oxygen atoms in total. The van der Waals surface area contributed by atoms with Gasteiger partial charge in [0.1, 0.15) is 0 Å². The third-order valence-corrected chi connectivity index (χ3v) is 1.80. The number of allylic oxidation sites excluding steroid dienone is 1. The van der Waals surface area contributed by atoms with E-state index in [-0.39, 0.29) is 0 Å². The summed E-state index contributed by atoms with van der Waals surface area (Å²) in [7, 11) is 0. The van der Waals surface area contributed by atoms with Crippen molar-refractivity contribution in [3.8, 4) is 6.07 Å². The van der Waals surface area contributed by atoms with Crippen LogP contribution in [-0.2, 0) is 0 Å². The number of H-pyrrole nitrogens is 1. The number of nitrogens with zero attached hydrogens (tertiary/aromatic N) is 1. The summed E-state index contributed by atoms with van der Waals surface area (Å²) in [6.45, 7) is 0. The number of rotatable bonds is 1. The van der Waals surface area contributed by atoms with Crippen molar-refractivity contribution in [2.24, 2.45) is 0 Å². The number of benzene rings is 1. The van der Waals surface area contributed by atoms with Crippen molar-refractivity contribution in [3.05, 3.63) is 40.4 Å². The van der Waals surface area contributed by atoms with Crippen LogP contribution >= 0.6 is 0 Å². The molecule has 2 rings (SSSR count). The molecule has 0 aliphatic rings. The average molecular weight is 186 g/mol. The fourth-order valence-electron chi connectivity index (χ4n) is 1.20. The highest BCUT2D eigenvalue weighted by Crippen LogP contribution is 2.13. The lowest BCUT2D eigenvalue weighted by Gasteiger charge is -1.90. The molecular weight excluding hydrogens is 180 g/mol. The van der Waals surface area contributed by atoms with E-state index in [1.165, 1.54) is 6.08 Å². The van der Waals surface area contributed by atoms with Gasteiger partial charge >= 0.3 is 5.76 Å². The molecule has 0 fully saturated rings. The predicted molar refractivity (Wildman–Crippen MR) is 51.5 cm³/mol. The number of fused-ring (bicyclic) bond motifs is 1. The second-order valence-electron chi connectivity index (χ2n) is 2.73. The Kier molecular flexibility index (Phi) is 1.92. The first-order valence-corrected chi connectivity index (χ1v) is 3.98. The van der Waals surface area contributed by atoms with E-state index in [1.807, 2.05) is 6.07 Å². The molecule has 2 aromatic rings. The number of aromatic nitrogens is 1. The quantitative estimate of drug-likeness (QED) is 0.688. The van der Waals surface area contributed by atoms with Gasteiger partial charge in [-0.05, 0) is 23.8 Å². The number of hydrogen-bond acceptors (Lipinski definition) is 3. The molecule has 1 heterocycles. The van der Waals surface area contributed by atoms with Crippen LogP contribution in [0.5, 0.6) is 0 Å². The minimum atomic E-state index is -0.471. The van der Waals surface area contributed by atoms with Gasteiger partial charge in [-0.1, -0.05) is 6.07 Å². The van der Waals surface area contributed by atoms with Crippen molar-refractivity contribution in [2.45, 2.75) is 0 Å². The molecule has 0 amide bonds. The second kappa shape index (κ2) is 3.23. The van der Waals surface area contributed by atoms with Gasteiger partial charge in [0.05, 0.1) is 11.6 Å². The molecule has 0 spiro atoms. The Hall–Kier alpha value is -2.28. The smallest absolute Gasteiger partial charge is 0.408 e. The first-order valence-electron chi connectivity index (χ1n) is 3.98. The first-order chi connectivity index (χ1) is 6.79. The number of oxazole rings is 1. The third kappa shape index (κ3) is 1.43. The van der Waals surface area contributed by atoms with Crippen molar-refractivity contribution in [1.82, 2.24) is 4.98 Å². The van der Waals surface area contributed by atoms with Crippen molar-refractivity contribution in [1.29, 1.82) is 5.26 Å². The van der Waals surface area contributed by atoms with E-state index < -0.39 is 5.76 Å².